The number of H-pyrrole nitrogens is 1. The van der Waals surface area contributed by atoms with E-state index in [4.69, 9.17) is 10.5 Å². The Morgan fingerprint density at radius 2 is 2.16 bits per heavy atom. The quantitative estimate of drug-likeness (QED) is 0.660. The van der Waals surface area contributed by atoms with E-state index in [0.29, 0.717) is 16.5 Å². The number of nitrogens with two attached hydrogens (primary N) is 1. The summed E-state index contributed by atoms with van der Waals surface area (Å²) in [6, 6.07) is 2.78. The Labute approximate surface area is 110 Å². The van der Waals surface area contributed by atoms with Gasteiger partial charge in [-0.15, -0.1) is 0 Å². The molecule has 0 bridgehead atoms. The lowest BCUT2D eigenvalue weighted by Gasteiger charge is -2.07. The van der Waals surface area contributed by atoms with Crippen molar-refractivity contribution in [2.45, 2.75) is 26.7 Å². The van der Waals surface area contributed by atoms with Crippen molar-refractivity contribution in [1.29, 1.82) is 0 Å². The van der Waals surface area contributed by atoms with Crippen LogP contribution >= 0.6 is 0 Å². The summed E-state index contributed by atoms with van der Waals surface area (Å²) in [5.41, 5.74) is 7.37. The van der Waals surface area contributed by atoms with Crippen molar-refractivity contribution in [3.8, 4) is 0 Å². The Morgan fingerprint density at radius 3 is 2.74 bits per heavy atom. The molecule has 2 aromatic rings. The highest BCUT2D eigenvalue weighted by Gasteiger charge is 2.22. The van der Waals surface area contributed by atoms with Gasteiger partial charge in [0.1, 0.15) is 5.82 Å². The zero-order valence-corrected chi connectivity index (χ0v) is 11.2. The van der Waals surface area contributed by atoms with Crippen LogP contribution in [0.5, 0.6) is 0 Å². The van der Waals surface area contributed by atoms with E-state index in [0.717, 1.165) is 5.69 Å². The molecule has 0 fully saturated rings. The standard InChI is InChI=1S/C14H17FN2O2/c1-4-19-14(18)12-8-5-9(15)10(16)6-11(8)17-13(12)7(2)3/h5-7,17H,4,16H2,1-3H3. The van der Waals surface area contributed by atoms with Gasteiger partial charge in [-0.1, -0.05) is 13.8 Å². The molecule has 4 nitrogen and oxygen atoms in total. The van der Waals surface area contributed by atoms with Crippen LogP contribution in [-0.2, 0) is 4.74 Å². The predicted octanol–water partition coefficient (Wildman–Crippen LogP) is 3.19. The summed E-state index contributed by atoms with van der Waals surface area (Å²) < 4.78 is 18.6. The first kappa shape index (κ1) is 13.4. The van der Waals surface area contributed by atoms with E-state index < -0.39 is 11.8 Å². The van der Waals surface area contributed by atoms with Gasteiger partial charge in [-0.25, -0.2) is 9.18 Å². The summed E-state index contributed by atoms with van der Waals surface area (Å²) >= 11 is 0. The maximum Gasteiger partial charge on any atom is 0.340 e. The summed E-state index contributed by atoms with van der Waals surface area (Å²) in [6.45, 7) is 5.92. The van der Waals surface area contributed by atoms with Crippen molar-refractivity contribution in [3.63, 3.8) is 0 Å². The number of benzene rings is 1. The monoisotopic (exact) mass is 264 g/mol. The number of nitrogen functional groups attached to an aromatic ring is 1. The molecule has 0 aliphatic heterocycles. The second-order valence-electron chi connectivity index (χ2n) is 4.71. The maximum atomic E-state index is 13.6. The van der Waals surface area contributed by atoms with Gasteiger partial charge in [-0.3, -0.25) is 0 Å². The third-order valence-electron chi connectivity index (χ3n) is 3.00. The van der Waals surface area contributed by atoms with E-state index in [-0.39, 0.29) is 18.2 Å². The molecule has 2 rings (SSSR count). The van der Waals surface area contributed by atoms with Crippen molar-refractivity contribution in [2.24, 2.45) is 0 Å². The van der Waals surface area contributed by atoms with Crippen molar-refractivity contribution in [3.05, 3.63) is 29.2 Å². The fourth-order valence-corrected chi connectivity index (χ4v) is 2.11. The Bertz CT molecular complexity index is 632. The molecule has 3 N–H and O–H groups in total. The van der Waals surface area contributed by atoms with E-state index in [9.17, 15) is 9.18 Å². The highest BCUT2D eigenvalue weighted by molar-refractivity contribution is 6.06. The summed E-state index contributed by atoms with van der Waals surface area (Å²) in [5.74, 6) is -0.884. The highest BCUT2D eigenvalue weighted by atomic mass is 19.1. The summed E-state index contributed by atoms with van der Waals surface area (Å²) in [7, 11) is 0. The Balaban J connectivity index is 2.72. The van der Waals surface area contributed by atoms with Crippen molar-refractivity contribution in [2.75, 3.05) is 12.3 Å². The van der Waals surface area contributed by atoms with Crippen LogP contribution < -0.4 is 5.73 Å². The van der Waals surface area contributed by atoms with Crippen LogP contribution in [0, 0.1) is 5.82 Å². The number of carbonyl (C=O) groups is 1. The third-order valence-corrected chi connectivity index (χ3v) is 3.00. The number of hydrogen-bond acceptors (Lipinski definition) is 3. The average molecular weight is 264 g/mol. The van der Waals surface area contributed by atoms with Crippen molar-refractivity contribution in [1.82, 2.24) is 4.98 Å². The first-order valence-electron chi connectivity index (χ1n) is 6.23. The van der Waals surface area contributed by atoms with Crippen molar-refractivity contribution >= 4 is 22.6 Å². The number of esters is 1. The maximum absolute atomic E-state index is 13.6. The number of nitrogens with one attached hydrogen (secondary N) is 1. The largest absolute Gasteiger partial charge is 0.462 e. The molecule has 0 saturated heterocycles. The molecule has 5 heteroatoms. The molecule has 0 radical (unpaired) electrons. The van der Waals surface area contributed by atoms with E-state index in [1.54, 1.807) is 6.92 Å². The summed E-state index contributed by atoms with van der Waals surface area (Å²) in [6.07, 6.45) is 0. The molecule has 1 heterocycles. The molecule has 0 saturated carbocycles. The molecular weight excluding hydrogens is 247 g/mol. The number of anilines is 1. The smallest absolute Gasteiger partial charge is 0.340 e. The molecular formula is C14H17FN2O2. The lowest BCUT2D eigenvalue weighted by Crippen LogP contribution is -2.08. The third kappa shape index (κ3) is 2.28. The predicted molar refractivity (Wildman–Crippen MR) is 72.7 cm³/mol. The molecule has 19 heavy (non-hydrogen) atoms. The summed E-state index contributed by atoms with van der Waals surface area (Å²) in [4.78, 5) is 15.2. The molecule has 102 valence electrons. The number of ether oxygens (including phenoxy) is 1. The fourth-order valence-electron chi connectivity index (χ4n) is 2.11. The Hall–Kier alpha value is -2.04. The van der Waals surface area contributed by atoms with Crippen LogP contribution in [-0.4, -0.2) is 17.6 Å². The van der Waals surface area contributed by atoms with Crippen LogP contribution in [0.25, 0.3) is 10.9 Å². The molecule has 1 aromatic heterocycles. The lowest BCUT2D eigenvalue weighted by molar-refractivity contribution is 0.0527. The van der Waals surface area contributed by atoms with E-state index >= 15 is 0 Å². The lowest BCUT2D eigenvalue weighted by atomic mass is 10.0. The Kier molecular flexibility index (Phi) is 3.46. The number of carbonyl (C=O) groups excluding carboxylic acids is 1. The van der Waals surface area contributed by atoms with Crippen LogP contribution in [0.3, 0.4) is 0 Å². The number of hydrogen-bond donors (Lipinski definition) is 2. The van der Waals surface area contributed by atoms with Gasteiger partial charge in [0.2, 0.25) is 0 Å². The zero-order valence-electron chi connectivity index (χ0n) is 11.2. The molecule has 0 spiro atoms. The van der Waals surface area contributed by atoms with E-state index in [2.05, 4.69) is 4.98 Å². The highest BCUT2D eigenvalue weighted by Crippen LogP contribution is 2.30. The zero-order chi connectivity index (χ0) is 14.2. The van der Waals surface area contributed by atoms with Gasteiger partial charge < -0.3 is 15.5 Å². The van der Waals surface area contributed by atoms with E-state index in [1.165, 1.54) is 12.1 Å². The second kappa shape index (κ2) is 4.91. The van der Waals surface area contributed by atoms with Gasteiger partial charge in [0.05, 0.1) is 17.9 Å². The second-order valence-corrected chi connectivity index (χ2v) is 4.71. The minimum atomic E-state index is -0.535. The molecule has 0 atom stereocenters. The van der Waals surface area contributed by atoms with Gasteiger partial charge >= 0.3 is 5.97 Å². The molecule has 1 aromatic carbocycles. The number of fused-ring (bicyclic) bond motifs is 1. The minimum absolute atomic E-state index is 0.0551. The number of aromatic amines is 1. The molecule has 0 unspecified atom stereocenters. The summed E-state index contributed by atoms with van der Waals surface area (Å²) in [5, 5.41) is 0.508. The first-order valence-corrected chi connectivity index (χ1v) is 6.23. The molecule has 0 aliphatic rings. The van der Waals surface area contributed by atoms with Crippen LogP contribution in [0.15, 0.2) is 12.1 Å². The SMILES string of the molecule is CCOC(=O)c1c(C(C)C)[nH]c2cc(N)c(F)cc12. The minimum Gasteiger partial charge on any atom is -0.462 e. The topological polar surface area (TPSA) is 68.1 Å². The molecule has 0 aliphatic carbocycles. The average Bonchev–Trinajstić information content (AvgIpc) is 2.69. The number of aromatic nitrogens is 1. The van der Waals surface area contributed by atoms with Crippen LogP contribution in [0.4, 0.5) is 10.1 Å². The van der Waals surface area contributed by atoms with Crippen LogP contribution in [0.2, 0.25) is 0 Å². The van der Waals surface area contributed by atoms with Gasteiger partial charge in [-0.2, -0.15) is 0 Å². The normalized spacial score (nSPS) is 11.2. The Morgan fingerprint density at radius 1 is 1.47 bits per heavy atom. The van der Waals surface area contributed by atoms with E-state index in [1.807, 2.05) is 13.8 Å². The first-order chi connectivity index (χ1) is 8.95. The molecule has 0 amide bonds. The van der Waals surface area contributed by atoms with Crippen molar-refractivity contribution < 1.29 is 13.9 Å². The van der Waals surface area contributed by atoms with Gasteiger partial charge in [0.25, 0.3) is 0 Å². The number of halogens is 1. The van der Waals surface area contributed by atoms with Gasteiger partial charge in [0, 0.05) is 16.6 Å². The fraction of sp³-hybridized carbons (Fsp3) is 0.357. The van der Waals surface area contributed by atoms with Crippen LogP contribution in [0.1, 0.15) is 42.7 Å². The number of rotatable bonds is 3. The van der Waals surface area contributed by atoms with Gasteiger partial charge in [-0.05, 0) is 25.0 Å². The van der Waals surface area contributed by atoms with Gasteiger partial charge in [0.15, 0.2) is 0 Å².